The zero-order valence-electron chi connectivity index (χ0n) is 9.84. The molecule has 1 unspecified atom stereocenters. The van der Waals surface area contributed by atoms with E-state index in [2.05, 4.69) is 27.7 Å². The van der Waals surface area contributed by atoms with Crippen LogP contribution in [0.1, 0.15) is 59.8 Å². The Balaban J connectivity index is 2.19. The fraction of sp³-hybridized carbons (Fsp3) is 1.00. The fourth-order valence-corrected chi connectivity index (χ4v) is 2.67. The van der Waals surface area contributed by atoms with Gasteiger partial charge in [-0.3, -0.25) is 0 Å². The molecule has 0 nitrogen and oxygen atoms in total. The molecule has 0 amide bonds. The van der Waals surface area contributed by atoms with Crippen LogP contribution in [0.4, 0.5) is 0 Å². The smallest absolute Gasteiger partial charge is 0.0381 e. The van der Waals surface area contributed by atoms with Gasteiger partial charge in [0, 0.05) is 0 Å². The van der Waals surface area contributed by atoms with Crippen LogP contribution in [-0.4, -0.2) is 0 Å². The summed E-state index contributed by atoms with van der Waals surface area (Å²) in [6.07, 6.45) is 7.34. The van der Waals surface area contributed by atoms with Crippen LogP contribution >= 0.6 is 0 Å². The van der Waals surface area contributed by atoms with Crippen LogP contribution in [-0.2, 0) is 0 Å². The molecule has 0 aromatic heterocycles. The standard InChI is InChI=1S/C13H26/c1-5-12(7-6-10(2)3)13-8-11(4)9-13/h10-13H,5-9H2,1-4H3. The highest BCUT2D eigenvalue weighted by molar-refractivity contribution is 4.81. The van der Waals surface area contributed by atoms with Crippen molar-refractivity contribution in [2.24, 2.45) is 23.7 Å². The first-order valence-electron chi connectivity index (χ1n) is 6.13. The molecule has 1 atom stereocenters. The van der Waals surface area contributed by atoms with Crippen molar-refractivity contribution in [2.45, 2.75) is 59.8 Å². The molecule has 0 spiro atoms. The van der Waals surface area contributed by atoms with Gasteiger partial charge in [-0.25, -0.2) is 0 Å². The van der Waals surface area contributed by atoms with Gasteiger partial charge in [0.2, 0.25) is 0 Å². The molecule has 1 saturated carbocycles. The number of rotatable bonds is 5. The van der Waals surface area contributed by atoms with Crippen molar-refractivity contribution in [2.75, 3.05) is 0 Å². The van der Waals surface area contributed by atoms with Crippen LogP contribution < -0.4 is 0 Å². The Labute approximate surface area is 84.1 Å². The maximum absolute atomic E-state index is 2.39. The predicted octanol–water partition coefficient (Wildman–Crippen LogP) is 4.49. The van der Waals surface area contributed by atoms with Crippen molar-refractivity contribution in [3.63, 3.8) is 0 Å². The van der Waals surface area contributed by atoms with Crippen molar-refractivity contribution in [3.05, 3.63) is 0 Å². The molecule has 13 heavy (non-hydrogen) atoms. The van der Waals surface area contributed by atoms with Gasteiger partial charge in [0.15, 0.2) is 0 Å². The van der Waals surface area contributed by atoms with Gasteiger partial charge in [0.25, 0.3) is 0 Å². The van der Waals surface area contributed by atoms with Gasteiger partial charge in [-0.05, 0) is 42.9 Å². The SMILES string of the molecule is CCC(CCC(C)C)C1CC(C)C1. The number of hydrogen-bond acceptors (Lipinski definition) is 0. The van der Waals surface area contributed by atoms with Gasteiger partial charge in [-0.1, -0.05) is 40.5 Å². The van der Waals surface area contributed by atoms with E-state index in [1.165, 1.54) is 32.1 Å². The highest BCUT2D eigenvalue weighted by Gasteiger charge is 2.30. The molecule has 0 heteroatoms. The third-order valence-electron chi connectivity index (χ3n) is 3.72. The maximum atomic E-state index is 2.39. The molecule has 0 saturated heterocycles. The Bertz CT molecular complexity index is 131. The highest BCUT2D eigenvalue weighted by Crippen LogP contribution is 2.41. The van der Waals surface area contributed by atoms with Crippen molar-refractivity contribution in [1.82, 2.24) is 0 Å². The van der Waals surface area contributed by atoms with Crippen molar-refractivity contribution >= 4 is 0 Å². The second-order valence-corrected chi connectivity index (χ2v) is 5.48. The maximum Gasteiger partial charge on any atom is -0.0381 e. The van der Waals surface area contributed by atoms with E-state index in [1.807, 2.05) is 0 Å². The molecule has 0 aromatic rings. The summed E-state index contributed by atoms with van der Waals surface area (Å²) < 4.78 is 0. The van der Waals surface area contributed by atoms with Crippen LogP contribution in [0.25, 0.3) is 0 Å². The first-order chi connectivity index (χ1) is 6.13. The van der Waals surface area contributed by atoms with Gasteiger partial charge in [0.05, 0.1) is 0 Å². The van der Waals surface area contributed by atoms with Crippen LogP contribution in [0.15, 0.2) is 0 Å². The molecular weight excluding hydrogens is 156 g/mol. The Morgan fingerprint density at radius 3 is 2.15 bits per heavy atom. The van der Waals surface area contributed by atoms with E-state index in [9.17, 15) is 0 Å². The summed E-state index contributed by atoms with van der Waals surface area (Å²) in [6.45, 7) is 9.45. The van der Waals surface area contributed by atoms with Gasteiger partial charge in [-0.15, -0.1) is 0 Å². The molecule has 0 radical (unpaired) electrons. The van der Waals surface area contributed by atoms with Crippen LogP contribution in [0.5, 0.6) is 0 Å². The topological polar surface area (TPSA) is 0 Å². The van der Waals surface area contributed by atoms with E-state index in [4.69, 9.17) is 0 Å². The lowest BCUT2D eigenvalue weighted by molar-refractivity contribution is 0.122. The quantitative estimate of drug-likeness (QED) is 0.587. The molecule has 78 valence electrons. The van der Waals surface area contributed by atoms with E-state index in [-0.39, 0.29) is 0 Å². The Hall–Kier alpha value is 0. The molecule has 0 N–H and O–H groups in total. The second-order valence-electron chi connectivity index (χ2n) is 5.48. The summed E-state index contributed by atoms with van der Waals surface area (Å²) in [4.78, 5) is 0. The van der Waals surface area contributed by atoms with Gasteiger partial charge in [0.1, 0.15) is 0 Å². The number of hydrogen-bond donors (Lipinski definition) is 0. The van der Waals surface area contributed by atoms with Crippen LogP contribution in [0, 0.1) is 23.7 Å². The summed E-state index contributed by atoms with van der Waals surface area (Å²) in [5.74, 6) is 4.04. The zero-order chi connectivity index (χ0) is 9.84. The normalized spacial score (nSPS) is 30.2. The molecule has 0 aromatic carbocycles. The third kappa shape index (κ3) is 3.32. The van der Waals surface area contributed by atoms with Crippen LogP contribution in [0.3, 0.4) is 0 Å². The van der Waals surface area contributed by atoms with E-state index < -0.39 is 0 Å². The average Bonchev–Trinajstić information content (AvgIpc) is 2.01. The minimum Gasteiger partial charge on any atom is -0.0651 e. The lowest BCUT2D eigenvalue weighted by Gasteiger charge is -2.39. The van der Waals surface area contributed by atoms with E-state index in [1.54, 1.807) is 0 Å². The molecule has 0 bridgehead atoms. The molecule has 0 aliphatic heterocycles. The average molecular weight is 182 g/mol. The summed E-state index contributed by atoms with van der Waals surface area (Å²) in [5, 5.41) is 0. The van der Waals surface area contributed by atoms with E-state index in [0.717, 1.165) is 23.7 Å². The minimum absolute atomic E-state index is 0.895. The van der Waals surface area contributed by atoms with Gasteiger partial charge < -0.3 is 0 Å². The Morgan fingerprint density at radius 2 is 1.77 bits per heavy atom. The van der Waals surface area contributed by atoms with E-state index in [0.29, 0.717) is 0 Å². The predicted molar refractivity (Wildman–Crippen MR) is 59.7 cm³/mol. The molecule has 0 heterocycles. The van der Waals surface area contributed by atoms with Crippen molar-refractivity contribution in [1.29, 1.82) is 0 Å². The largest absolute Gasteiger partial charge is 0.0651 e. The lowest BCUT2D eigenvalue weighted by atomic mass is 9.67. The second kappa shape index (κ2) is 5.02. The monoisotopic (exact) mass is 182 g/mol. The van der Waals surface area contributed by atoms with Gasteiger partial charge >= 0.3 is 0 Å². The summed E-state index contributed by atoms with van der Waals surface area (Å²) in [7, 11) is 0. The minimum atomic E-state index is 0.895. The molecule has 1 aliphatic carbocycles. The molecular formula is C13H26. The first-order valence-corrected chi connectivity index (χ1v) is 6.13. The van der Waals surface area contributed by atoms with Crippen LogP contribution in [0.2, 0.25) is 0 Å². The third-order valence-corrected chi connectivity index (χ3v) is 3.72. The lowest BCUT2D eigenvalue weighted by Crippen LogP contribution is -2.28. The molecule has 1 fully saturated rings. The fourth-order valence-electron chi connectivity index (χ4n) is 2.67. The zero-order valence-corrected chi connectivity index (χ0v) is 9.84. The Morgan fingerprint density at radius 1 is 1.15 bits per heavy atom. The van der Waals surface area contributed by atoms with E-state index >= 15 is 0 Å². The van der Waals surface area contributed by atoms with Crippen molar-refractivity contribution in [3.8, 4) is 0 Å². The Kier molecular flexibility index (Phi) is 4.28. The molecule has 1 rings (SSSR count). The summed E-state index contributed by atoms with van der Waals surface area (Å²) >= 11 is 0. The summed E-state index contributed by atoms with van der Waals surface area (Å²) in [5.41, 5.74) is 0. The summed E-state index contributed by atoms with van der Waals surface area (Å²) in [6, 6.07) is 0. The molecule has 1 aliphatic rings. The highest BCUT2D eigenvalue weighted by atomic mass is 14.4. The van der Waals surface area contributed by atoms with Crippen molar-refractivity contribution < 1.29 is 0 Å². The van der Waals surface area contributed by atoms with Gasteiger partial charge in [-0.2, -0.15) is 0 Å². The first kappa shape index (κ1) is 11.1.